The molecule has 0 bridgehead atoms. The van der Waals surface area contributed by atoms with E-state index in [1.54, 1.807) is 39.2 Å². The molecule has 2 heterocycles. The van der Waals surface area contributed by atoms with E-state index in [9.17, 15) is 13.2 Å². The molecule has 4 aromatic rings. The van der Waals surface area contributed by atoms with Gasteiger partial charge in [-0.05, 0) is 60.7 Å². The maximum absolute atomic E-state index is 13.3. The molecule has 218 valence electrons. The molecule has 0 aliphatic carbocycles. The first-order valence-electron chi connectivity index (χ1n) is 13.1. The van der Waals surface area contributed by atoms with Crippen LogP contribution in [0.2, 0.25) is 0 Å². The minimum Gasteiger partial charge on any atom is -1.00 e. The summed E-state index contributed by atoms with van der Waals surface area (Å²) >= 11 is 0. The number of halogens is 1. The summed E-state index contributed by atoms with van der Waals surface area (Å²) in [6.07, 6.45) is 4.94. The number of hydrogen-bond acceptors (Lipinski definition) is 5. The lowest BCUT2D eigenvalue weighted by Gasteiger charge is -2.19. The number of benzene rings is 2. The number of rotatable bonds is 11. The first kappa shape index (κ1) is 32.3. The van der Waals surface area contributed by atoms with Crippen molar-refractivity contribution in [1.82, 2.24) is 9.62 Å². The largest absolute Gasteiger partial charge is 1.00 e. The van der Waals surface area contributed by atoms with Crippen LogP contribution >= 0.6 is 0 Å². The number of hydrogen-bond donors (Lipinski definition) is 1. The summed E-state index contributed by atoms with van der Waals surface area (Å²) < 4.78 is 40.7. The molecule has 8 nitrogen and oxygen atoms in total. The average molecular weight is 690 g/mol. The van der Waals surface area contributed by atoms with Gasteiger partial charge in [0.05, 0.1) is 30.5 Å². The molecule has 0 aliphatic heterocycles. The van der Waals surface area contributed by atoms with Gasteiger partial charge in [0.15, 0.2) is 11.9 Å². The van der Waals surface area contributed by atoms with Gasteiger partial charge in [-0.25, -0.2) is 13.0 Å². The number of pyridine rings is 1. The molecule has 0 unspecified atom stereocenters. The van der Waals surface area contributed by atoms with Gasteiger partial charge in [-0.15, -0.1) is 0 Å². The molecule has 0 saturated carbocycles. The van der Waals surface area contributed by atoms with Gasteiger partial charge in [-0.3, -0.25) is 4.79 Å². The number of aryl methyl sites for hydroxylation is 3. The van der Waals surface area contributed by atoms with Gasteiger partial charge in [0.2, 0.25) is 10.0 Å². The van der Waals surface area contributed by atoms with E-state index in [0.717, 1.165) is 12.0 Å². The number of ether oxygens (including phenoxy) is 1. The summed E-state index contributed by atoms with van der Waals surface area (Å²) in [6.45, 7) is 3.94. The van der Waals surface area contributed by atoms with Gasteiger partial charge in [-0.2, -0.15) is 4.31 Å². The van der Waals surface area contributed by atoms with E-state index >= 15 is 0 Å². The standard InChI is InChI=1S/C31H35N3O5S.HI/c1-22-16-28(38-5)17-23(2)30(22)40(36,37)34(4)20-29-19-26(21-39-29)31(35)32-14-13-24-9-11-25(12-10-24)18-27-8-6-7-15-33(27)3;/h6-12,15-17,19,21H,13-14,18,20H2,1-5H3;1H. The highest BCUT2D eigenvalue weighted by atomic mass is 127. The van der Waals surface area contributed by atoms with Gasteiger partial charge in [0, 0.05) is 25.7 Å². The molecular weight excluding hydrogens is 653 g/mol. The molecule has 0 fully saturated rings. The van der Waals surface area contributed by atoms with Crippen LogP contribution in [0.25, 0.3) is 0 Å². The van der Waals surface area contributed by atoms with Gasteiger partial charge in [0.1, 0.15) is 24.8 Å². The summed E-state index contributed by atoms with van der Waals surface area (Å²) in [5.74, 6) is 0.714. The summed E-state index contributed by atoms with van der Waals surface area (Å²) in [6, 6.07) is 19.5. The number of furan rings is 1. The predicted molar refractivity (Wildman–Crippen MR) is 153 cm³/mol. The second-order valence-electron chi connectivity index (χ2n) is 9.96. The zero-order valence-corrected chi connectivity index (χ0v) is 27.0. The quantitative estimate of drug-likeness (QED) is 0.189. The zero-order valence-electron chi connectivity index (χ0n) is 24.0. The fourth-order valence-corrected chi connectivity index (χ4v) is 6.22. The van der Waals surface area contributed by atoms with Crippen molar-refractivity contribution in [2.45, 2.75) is 38.1 Å². The Hall–Kier alpha value is -3.22. The molecular formula is C31H36IN3O5S. The van der Waals surface area contributed by atoms with Crippen molar-refractivity contribution in [3.05, 3.63) is 112 Å². The minimum absolute atomic E-state index is 0. The third-order valence-corrected chi connectivity index (χ3v) is 9.01. The number of nitrogens with one attached hydrogen (secondary N) is 1. The topological polar surface area (TPSA) is 92.7 Å². The molecule has 0 atom stereocenters. The van der Waals surface area contributed by atoms with Crippen molar-refractivity contribution < 1.29 is 50.9 Å². The number of sulfonamides is 1. The lowest BCUT2D eigenvalue weighted by Crippen LogP contribution is -3.00. The Morgan fingerprint density at radius 3 is 2.32 bits per heavy atom. The molecule has 10 heteroatoms. The Morgan fingerprint density at radius 1 is 1.02 bits per heavy atom. The lowest BCUT2D eigenvalue weighted by molar-refractivity contribution is -0.678. The first-order chi connectivity index (χ1) is 19.1. The number of carbonyl (C=O) groups excluding carboxylic acids is 1. The van der Waals surface area contributed by atoms with Crippen LogP contribution < -0.4 is 38.6 Å². The molecule has 41 heavy (non-hydrogen) atoms. The van der Waals surface area contributed by atoms with Crippen molar-refractivity contribution in [3.63, 3.8) is 0 Å². The predicted octanol–water partition coefficient (Wildman–Crippen LogP) is 1.12. The molecule has 0 spiro atoms. The number of nitrogens with zero attached hydrogens (tertiary/aromatic N) is 2. The van der Waals surface area contributed by atoms with E-state index in [4.69, 9.17) is 9.15 Å². The van der Waals surface area contributed by atoms with Crippen LogP contribution in [0.5, 0.6) is 5.75 Å². The SMILES string of the molecule is COc1cc(C)c(S(=O)(=O)N(C)Cc2cc(C(=O)NCCc3ccc(Cc4cccc[n+]4C)cc3)co2)c(C)c1.[I-]. The fourth-order valence-electron chi connectivity index (χ4n) is 4.68. The third-order valence-electron chi connectivity index (χ3n) is 6.90. The molecule has 2 aromatic carbocycles. The molecule has 1 amide bonds. The van der Waals surface area contributed by atoms with Crippen LogP contribution in [-0.4, -0.2) is 39.3 Å². The van der Waals surface area contributed by atoms with Crippen molar-refractivity contribution in [3.8, 4) is 5.75 Å². The van der Waals surface area contributed by atoms with Crippen LogP contribution in [0.4, 0.5) is 0 Å². The number of carbonyl (C=O) groups is 1. The van der Waals surface area contributed by atoms with Gasteiger partial charge in [0.25, 0.3) is 5.91 Å². The van der Waals surface area contributed by atoms with Crippen molar-refractivity contribution in [2.24, 2.45) is 7.05 Å². The fraction of sp³-hybridized carbons (Fsp3) is 0.290. The molecule has 0 aliphatic rings. The molecule has 2 aromatic heterocycles. The Labute approximate surface area is 259 Å². The Bertz CT molecular complexity index is 1580. The highest BCUT2D eigenvalue weighted by molar-refractivity contribution is 7.89. The summed E-state index contributed by atoms with van der Waals surface area (Å²) in [5.41, 5.74) is 5.14. The second-order valence-corrected chi connectivity index (χ2v) is 11.9. The van der Waals surface area contributed by atoms with Crippen molar-refractivity contribution >= 4 is 15.9 Å². The Kier molecular flexibility index (Phi) is 11.1. The third kappa shape index (κ3) is 7.96. The highest BCUT2D eigenvalue weighted by Gasteiger charge is 2.26. The monoisotopic (exact) mass is 689 g/mol. The normalized spacial score (nSPS) is 11.3. The van der Waals surface area contributed by atoms with E-state index in [1.807, 2.05) is 25.4 Å². The summed E-state index contributed by atoms with van der Waals surface area (Å²) in [4.78, 5) is 12.9. The van der Waals surface area contributed by atoms with Gasteiger partial charge >= 0.3 is 0 Å². The molecule has 0 saturated heterocycles. The van der Waals surface area contributed by atoms with E-state index in [0.29, 0.717) is 41.2 Å². The second kappa shape index (κ2) is 14.1. The highest BCUT2D eigenvalue weighted by Crippen LogP contribution is 2.28. The Balaban J connectivity index is 0.00000462. The van der Waals surface area contributed by atoms with E-state index in [2.05, 4.69) is 40.2 Å². The zero-order chi connectivity index (χ0) is 28.9. The maximum Gasteiger partial charge on any atom is 0.254 e. The van der Waals surface area contributed by atoms with Crippen LogP contribution in [0.3, 0.4) is 0 Å². The lowest BCUT2D eigenvalue weighted by atomic mass is 10.0. The Morgan fingerprint density at radius 2 is 1.68 bits per heavy atom. The number of amides is 1. The van der Waals surface area contributed by atoms with E-state index in [1.165, 1.54) is 28.9 Å². The van der Waals surface area contributed by atoms with Crippen LogP contribution in [0.15, 0.2) is 82.4 Å². The van der Waals surface area contributed by atoms with Crippen LogP contribution in [0, 0.1) is 13.8 Å². The average Bonchev–Trinajstić information content (AvgIpc) is 3.39. The molecule has 0 radical (unpaired) electrons. The summed E-state index contributed by atoms with van der Waals surface area (Å²) in [7, 11) is 1.29. The molecule has 1 N–H and O–H groups in total. The first-order valence-corrected chi connectivity index (χ1v) is 14.5. The van der Waals surface area contributed by atoms with Crippen molar-refractivity contribution in [2.75, 3.05) is 20.7 Å². The van der Waals surface area contributed by atoms with Crippen molar-refractivity contribution in [1.29, 1.82) is 0 Å². The van der Waals surface area contributed by atoms with E-state index in [-0.39, 0.29) is 41.3 Å². The molecule has 4 rings (SSSR count). The summed E-state index contributed by atoms with van der Waals surface area (Å²) in [5, 5.41) is 2.91. The van der Waals surface area contributed by atoms with Crippen LogP contribution in [0.1, 0.15) is 44.1 Å². The van der Waals surface area contributed by atoms with Crippen LogP contribution in [-0.2, 0) is 36.5 Å². The smallest absolute Gasteiger partial charge is 0.254 e. The number of methoxy groups -OCH3 is 1. The maximum atomic E-state index is 13.3. The van der Waals surface area contributed by atoms with E-state index < -0.39 is 10.0 Å². The van der Waals surface area contributed by atoms with Gasteiger partial charge < -0.3 is 38.4 Å². The number of aromatic nitrogens is 1. The minimum atomic E-state index is -3.79. The van der Waals surface area contributed by atoms with Gasteiger partial charge in [-0.1, -0.05) is 30.3 Å².